The monoisotopic (exact) mass is 287 g/mol. The molecule has 0 spiro atoms. The molecule has 0 aliphatic rings. The minimum absolute atomic E-state index is 0.531. The van der Waals surface area contributed by atoms with E-state index in [2.05, 4.69) is 33.4 Å². The van der Waals surface area contributed by atoms with E-state index >= 15 is 0 Å². The SMILES string of the molecule is CCc1ccccc1Nc1c(Cl)c(C)nc2ncnn12. The van der Waals surface area contributed by atoms with Crippen LogP contribution < -0.4 is 5.32 Å². The zero-order chi connectivity index (χ0) is 14.1. The molecule has 20 heavy (non-hydrogen) atoms. The zero-order valence-corrected chi connectivity index (χ0v) is 12.0. The summed E-state index contributed by atoms with van der Waals surface area (Å²) in [5, 5.41) is 8.07. The van der Waals surface area contributed by atoms with Gasteiger partial charge in [0.25, 0.3) is 5.78 Å². The van der Waals surface area contributed by atoms with Crippen LogP contribution in [0.2, 0.25) is 5.02 Å². The molecule has 0 saturated heterocycles. The molecule has 5 nitrogen and oxygen atoms in total. The Hall–Kier alpha value is -2.14. The molecule has 0 saturated carbocycles. The van der Waals surface area contributed by atoms with E-state index in [4.69, 9.17) is 11.6 Å². The highest BCUT2D eigenvalue weighted by Gasteiger charge is 2.13. The molecule has 1 N–H and O–H groups in total. The van der Waals surface area contributed by atoms with Crippen molar-refractivity contribution in [2.45, 2.75) is 20.3 Å². The van der Waals surface area contributed by atoms with Crippen molar-refractivity contribution in [1.82, 2.24) is 19.6 Å². The number of hydrogen-bond acceptors (Lipinski definition) is 4. The van der Waals surface area contributed by atoms with Crippen molar-refractivity contribution < 1.29 is 0 Å². The maximum atomic E-state index is 6.36. The molecule has 3 aromatic rings. The quantitative estimate of drug-likeness (QED) is 0.802. The lowest BCUT2D eigenvalue weighted by molar-refractivity contribution is 0.936. The Morgan fingerprint density at radius 3 is 2.90 bits per heavy atom. The van der Waals surface area contributed by atoms with Crippen LogP contribution in [0.1, 0.15) is 18.2 Å². The molecule has 3 rings (SSSR count). The minimum Gasteiger partial charge on any atom is -0.339 e. The summed E-state index contributed by atoms with van der Waals surface area (Å²) in [5.74, 6) is 1.22. The van der Waals surface area contributed by atoms with Gasteiger partial charge in [0.15, 0.2) is 5.82 Å². The Balaban J connectivity index is 2.15. The second kappa shape index (κ2) is 5.09. The number of hydrogen-bond donors (Lipinski definition) is 1. The van der Waals surface area contributed by atoms with Gasteiger partial charge in [-0.25, -0.2) is 4.98 Å². The van der Waals surface area contributed by atoms with Crippen LogP contribution in [0.5, 0.6) is 0 Å². The van der Waals surface area contributed by atoms with Gasteiger partial charge >= 0.3 is 0 Å². The molecular formula is C14H14ClN5. The molecule has 0 radical (unpaired) electrons. The van der Waals surface area contributed by atoms with Crippen LogP contribution in [-0.4, -0.2) is 19.6 Å². The van der Waals surface area contributed by atoms with Crippen LogP contribution >= 0.6 is 11.6 Å². The van der Waals surface area contributed by atoms with Crippen LogP contribution in [0.15, 0.2) is 30.6 Å². The summed E-state index contributed by atoms with van der Waals surface area (Å²) in [6, 6.07) is 8.12. The van der Waals surface area contributed by atoms with E-state index in [0.29, 0.717) is 16.6 Å². The zero-order valence-electron chi connectivity index (χ0n) is 11.3. The molecular weight excluding hydrogens is 274 g/mol. The number of aromatic nitrogens is 4. The average Bonchev–Trinajstić information content (AvgIpc) is 2.92. The normalized spacial score (nSPS) is 10.9. The van der Waals surface area contributed by atoms with Gasteiger partial charge in [-0.15, -0.1) is 0 Å². The maximum Gasteiger partial charge on any atom is 0.254 e. The van der Waals surface area contributed by atoms with Gasteiger partial charge < -0.3 is 5.32 Å². The van der Waals surface area contributed by atoms with E-state index in [0.717, 1.165) is 17.8 Å². The van der Waals surface area contributed by atoms with E-state index in [1.54, 1.807) is 4.52 Å². The molecule has 2 aromatic heterocycles. The summed E-state index contributed by atoms with van der Waals surface area (Å²) in [5.41, 5.74) is 2.95. The summed E-state index contributed by atoms with van der Waals surface area (Å²) in [6.07, 6.45) is 2.40. The minimum atomic E-state index is 0.531. The molecule has 0 aliphatic carbocycles. The summed E-state index contributed by atoms with van der Waals surface area (Å²) < 4.78 is 1.61. The van der Waals surface area contributed by atoms with Gasteiger partial charge in [-0.1, -0.05) is 36.7 Å². The molecule has 102 valence electrons. The van der Waals surface area contributed by atoms with E-state index < -0.39 is 0 Å². The number of aryl methyl sites for hydroxylation is 2. The van der Waals surface area contributed by atoms with Crippen molar-refractivity contribution in [3.05, 3.63) is 46.9 Å². The van der Waals surface area contributed by atoms with Crippen LogP contribution in [0, 0.1) is 6.92 Å². The molecule has 6 heteroatoms. The third-order valence-corrected chi connectivity index (χ3v) is 3.64. The van der Waals surface area contributed by atoms with Gasteiger partial charge in [0, 0.05) is 5.69 Å². The van der Waals surface area contributed by atoms with Gasteiger partial charge in [0.2, 0.25) is 0 Å². The molecule has 0 aliphatic heterocycles. The van der Waals surface area contributed by atoms with E-state index in [1.807, 2.05) is 25.1 Å². The molecule has 1 aromatic carbocycles. The smallest absolute Gasteiger partial charge is 0.254 e. The maximum absolute atomic E-state index is 6.36. The Morgan fingerprint density at radius 2 is 2.10 bits per heavy atom. The average molecular weight is 288 g/mol. The Morgan fingerprint density at radius 1 is 1.30 bits per heavy atom. The van der Waals surface area contributed by atoms with E-state index in [-0.39, 0.29) is 0 Å². The van der Waals surface area contributed by atoms with Crippen LogP contribution in [0.4, 0.5) is 11.5 Å². The van der Waals surface area contributed by atoms with Gasteiger partial charge in [-0.3, -0.25) is 0 Å². The van der Waals surface area contributed by atoms with Crippen molar-refractivity contribution >= 4 is 28.9 Å². The fourth-order valence-electron chi connectivity index (χ4n) is 2.12. The fourth-order valence-corrected chi connectivity index (χ4v) is 2.29. The number of fused-ring (bicyclic) bond motifs is 1. The summed E-state index contributed by atoms with van der Waals surface area (Å²) in [7, 11) is 0. The third-order valence-electron chi connectivity index (χ3n) is 3.19. The number of nitrogens with one attached hydrogen (secondary N) is 1. The summed E-state index contributed by atoms with van der Waals surface area (Å²) in [6.45, 7) is 3.97. The number of para-hydroxylation sites is 1. The van der Waals surface area contributed by atoms with E-state index in [1.165, 1.54) is 11.9 Å². The first-order valence-corrected chi connectivity index (χ1v) is 6.79. The van der Waals surface area contributed by atoms with Crippen LogP contribution in [0.25, 0.3) is 5.78 Å². The molecule has 0 amide bonds. The molecule has 0 bridgehead atoms. The number of benzene rings is 1. The second-order valence-electron chi connectivity index (χ2n) is 4.47. The van der Waals surface area contributed by atoms with Crippen molar-refractivity contribution in [2.75, 3.05) is 5.32 Å². The first-order chi connectivity index (χ1) is 9.70. The summed E-state index contributed by atoms with van der Waals surface area (Å²) >= 11 is 6.36. The third kappa shape index (κ3) is 2.10. The lowest BCUT2D eigenvalue weighted by Crippen LogP contribution is -2.05. The highest BCUT2D eigenvalue weighted by atomic mass is 35.5. The first kappa shape index (κ1) is 12.9. The van der Waals surface area contributed by atoms with E-state index in [9.17, 15) is 0 Å². The van der Waals surface area contributed by atoms with Crippen molar-refractivity contribution in [1.29, 1.82) is 0 Å². The van der Waals surface area contributed by atoms with Crippen molar-refractivity contribution in [3.8, 4) is 0 Å². The van der Waals surface area contributed by atoms with Crippen LogP contribution in [-0.2, 0) is 6.42 Å². The van der Waals surface area contributed by atoms with Gasteiger partial charge in [-0.05, 0) is 25.0 Å². The van der Waals surface area contributed by atoms with Gasteiger partial charge in [0.1, 0.15) is 11.3 Å². The summed E-state index contributed by atoms with van der Waals surface area (Å²) in [4.78, 5) is 8.41. The van der Waals surface area contributed by atoms with Gasteiger partial charge in [0.05, 0.1) is 5.69 Å². The molecule has 0 atom stereocenters. The fraction of sp³-hybridized carbons (Fsp3) is 0.214. The highest BCUT2D eigenvalue weighted by Crippen LogP contribution is 2.29. The second-order valence-corrected chi connectivity index (χ2v) is 4.85. The van der Waals surface area contributed by atoms with Crippen LogP contribution in [0.3, 0.4) is 0 Å². The number of nitrogens with zero attached hydrogens (tertiary/aromatic N) is 4. The standard InChI is InChI=1S/C14H14ClN5/c1-3-10-6-4-5-7-11(10)19-13-12(15)9(2)18-14-16-8-17-20(13)14/h4-8,19H,3H2,1-2H3. The number of anilines is 2. The predicted octanol–water partition coefficient (Wildman–Crippen LogP) is 3.39. The van der Waals surface area contributed by atoms with Gasteiger partial charge in [-0.2, -0.15) is 14.6 Å². The Kier molecular flexibility index (Phi) is 3.28. The van der Waals surface area contributed by atoms with Crippen molar-refractivity contribution in [2.24, 2.45) is 0 Å². The topological polar surface area (TPSA) is 55.1 Å². The lowest BCUT2D eigenvalue weighted by Gasteiger charge is -2.13. The van der Waals surface area contributed by atoms with Crippen molar-refractivity contribution in [3.63, 3.8) is 0 Å². The first-order valence-electron chi connectivity index (χ1n) is 6.41. The molecule has 0 fully saturated rings. The predicted molar refractivity (Wildman–Crippen MR) is 79.6 cm³/mol. The Bertz CT molecular complexity index is 765. The molecule has 0 unspecified atom stereocenters. The number of halogens is 1. The largest absolute Gasteiger partial charge is 0.339 e. The lowest BCUT2D eigenvalue weighted by atomic mass is 10.1. The number of rotatable bonds is 3. The Labute approximate surface area is 121 Å². The highest BCUT2D eigenvalue weighted by molar-refractivity contribution is 6.33. The molecule has 2 heterocycles.